The lowest BCUT2D eigenvalue weighted by atomic mass is 9.89. The van der Waals surface area contributed by atoms with E-state index in [1.807, 2.05) is 6.92 Å². The lowest BCUT2D eigenvalue weighted by Crippen LogP contribution is -2.42. The van der Waals surface area contributed by atoms with E-state index in [0.29, 0.717) is 12.1 Å². The van der Waals surface area contributed by atoms with E-state index in [1.54, 1.807) is 0 Å². The number of nitrogens with zero attached hydrogens (tertiary/aromatic N) is 1. The van der Waals surface area contributed by atoms with Crippen LogP contribution in [0.3, 0.4) is 0 Å². The van der Waals surface area contributed by atoms with Crippen molar-refractivity contribution in [1.29, 1.82) is 5.26 Å². The molecular weight excluding hydrogens is 248 g/mol. The zero-order valence-electron chi connectivity index (χ0n) is 13.2. The number of hydrogen-bond acceptors (Lipinski definition) is 3. The molecule has 20 heavy (non-hydrogen) atoms. The zero-order chi connectivity index (χ0) is 14.4. The Morgan fingerprint density at radius 3 is 2.70 bits per heavy atom. The fourth-order valence-corrected chi connectivity index (χ4v) is 3.20. The fourth-order valence-electron chi connectivity index (χ4n) is 3.20. The highest BCUT2D eigenvalue weighted by atomic mass is 16.5. The summed E-state index contributed by atoms with van der Waals surface area (Å²) in [5, 5.41) is 12.8. The van der Waals surface area contributed by atoms with Crippen molar-refractivity contribution in [1.82, 2.24) is 5.32 Å². The van der Waals surface area contributed by atoms with E-state index in [4.69, 9.17) is 4.74 Å². The quantitative estimate of drug-likeness (QED) is 0.687. The molecule has 0 aromatic heterocycles. The molecule has 114 valence electrons. The highest BCUT2D eigenvalue weighted by molar-refractivity contribution is 5.06. The van der Waals surface area contributed by atoms with Crippen LogP contribution in [0.1, 0.15) is 71.6 Å². The van der Waals surface area contributed by atoms with Gasteiger partial charge in [-0.25, -0.2) is 0 Å². The standard InChI is InChI=1S/C17H30N2O/c1-14-6-5-7-16(12-14)20-11-4-3-10-17(2,13-18)19-15-8-9-15/h14-16,19H,3-12H2,1-2H3. The summed E-state index contributed by atoms with van der Waals surface area (Å²) in [4.78, 5) is 0. The average molecular weight is 278 g/mol. The number of ether oxygens (including phenoxy) is 1. The molecule has 3 heteroatoms. The molecule has 0 amide bonds. The van der Waals surface area contributed by atoms with Gasteiger partial charge in [-0.1, -0.05) is 19.8 Å². The van der Waals surface area contributed by atoms with E-state index in [-0.39, 0.29) is 5.54 Å². The Labute approximate surface area is 124 Å². The molecule has 1 N–H and O–H groups in total. The summed E-state index contributed by atoms with van der Waals surface area (Å²) in [6.45, 7) is 5.23. The molecule has 0 aromatic rings. The third kappa shape index (κ3) is 5.42. The Morgan fingerprint density at radius 1 is 1.25 bits per heavy atom. The lowest BCUT2D eigenvalue weighted by Gasteiger charge is -2.27. The van der Waals surface area contributed by atoms with Crippen LogP contribution in [0.4, 0.5) is 0 Å². The maximum absolute atomic E-state index is 9.31. The van der Waals surface area contributed by atoms with Gasteiger partial charge in [0, 0.05) is 12.6 Å². The minimum absolute atomic E-state index is 0.333. The SMILES string of the molecule is CC1CCCC(OCCCCC(C)(C#N)NC2CC2)C1. The van der Waals surface area contributed by atoms with E-state index >= 15 is 0 Å². The van der Waals surface area contributed by atoms with Crippen molar-refractivity contribution in [2.45, 2.75) is 89.3 Å². The number of nitrogens with one attached hydrogen (secondary N) is 1. The maximum atomic E-state index is 9.31. The monoisotopic (exact) mass is 278 g/mol. The van der Waals surface area contributed by atoms with Crippen LogP contribution in [0.5, 0.6) is 0 Å². The average Bonchev–Trinajstić information content (AvgIpc) is 3.22. The molecule has 2 rings (SSSR count). The van der Waals surface area contributed by atoms with Gasteiger partial charge in [-0.05, 0) is 57.8 Å². The highest BCUT2D eigenvalue weighted by Crippen LogP contribution is 2.27. The Bertz CT molecular complexity index is 334. The summed E-state index contributed by atoms with van der Waals surface area (Å²) in [5.41, 5.74) is -0.333. The fraction of sp³-hybridized carbons (Fsp3) is 0.941. The summed E-state index contributed by atoms with van der Waals surface area (Å²) in [6, 6.07) is 3.04. The van der Waals surface area contributed by atoms with Gasteiger partial charge >= 0.3 is 0 Å². The Balaban J connectivity index is 1.55. The molecule has 3 unspecified atom stereocenters. The van der Waals surface area contributed by atoms with Crippen molar-refractivity contribution in [3.63, 3.8) is 0 Å². The molecule has 3 atom stereocenters. The molecule has 0 aromatic carbocycles. The summed E-state index contributed by atoms with van der Waals surface area (Å²) < 4.78 is 5.99. The van der Waals surface area contributed by atoms with Crippen LogP contribution in [0.15, 0.2) is 0 Å². The lowest BCUT2D eigenvalue weighted by molar-refractivity contribution is 0.0134. The molecule has 0 bridgehead atoms. The second kappa shape index (κ2) is 7.43. The largest absolute Gasteiger partial charge is 0.378 e. The minimum Gasteiger partial charge on any atom is -0.378 e. The molecule has 2 aliphatic carbocycles. The molecule has 0 radical (unpaired) electrons. The van der Waals surface area contributed by atoms with Gasteiger partial charge in [-0.2, -0.15) is 5.26 Å². The number of rotatable bonds is 8. The third-order valence-corrected chi connectivity index (χ3v) is 4.66. The Hall–Kier alpha value is -0.590. The van der Waals surface area contributed by atoms with E-state index in [0.717, 1.165) is 31.8 Å². The molecule has 0 spiro atoms. The molecular formula is C17H30N2O. The van der Waals surface area contributed by atoms with E-state index < -0.39 is 0 Å². The van der Waals surface area contributed by atoms with Crippen LogP contribution in [0, 0.1) is 17.2 Å². The van der Waals surface area contributed by atoms with E-state index in [1.165, 1.54) is 38.5 Å². The molecule has 0 saturated heterocycles. The van der Waals surface area contributed by atoms with Gasteiger partial charge in [0.2, 0.25) is 0 Å². The van der Waals surface area contributed by atoms with Gasteiger partial charge < -0.3 is 4.74 Å². The van der Waals surface area contributed by atoms with Crippen LogP contribution >= 0.6 is 0 Å². The van der Waals surface area contributed by atoms with Crippen LogP contribution in [-0.4, -0.2) is 24.3 Å². The minimum atomic E-state index is -0.333. The van der Waals surface area contributed by atoms with Crippen LogP contribution in [0.25, 0.3) is 0 Å². The number of hydrogen-bond donors (Lipinski definition) is 1. The van der Waals surface area contributed by atoms with Crippen molar-refractivity contribution in [2.24, 2.45) is 5.92 Å². The second-order valence-electron chi connectivity index (χ2n) is 7.08. The summed E-state index contributed by atoms with van der Waals surface area (Å²) in [5.74, 6) is 0.832. The van der Waals surface area contributed by atoms with Crippen molar-refractivity contribution in [3.05, 3.63) is 0 Å². The van der Waals surface area contributed by atoms with Crippen molar-refractivity contribution >= 4 is 0 Å². The summed E-state index contributed by atoms with van der Waals surface area (Å²) >= 11 is 0. The Morgan fingerprint density at radius 2 is 2.05 bits per heavy atom. The summed E-state index contributed by atoms with van der Waals surface area (Å²) in [6.07, 6.45) is 11.2. The van der Waals surface area contributed by atoms with Gasteiger partial charge in [0.25, 0.3) is 0 Å². The Kier molecular flexibility index (Phi) is 5.86. The first-order valence-corrected chi connectivity index (χ1v) is 8.42. The molecule has 3 nitrogen and oxygen atoms in total. The van der Waals surface area contributed by atoms with Gasteiger partial charge in [0.05, 0.1) is 12.2 Å². The summed E-state index contributed by atoms with van der Waals surface area (Å²) in [7, 11) is 0. The van der Waals surface area contributed by atoms with Crippen LogP contribution < -0.4 is 5.32 Å². The normalized spacial score (nSPS) is 29.6. The van der Waals surface area contributed by atoms with Gasteiger partial charge in [-0.15, -0.1) is 0 Å². The van der Waals surface area contributed by atoms with E-state index in [2.05, 4.69) is 18.3 Å². The van der Waals surface area contributed by atoms with Crippen LogP contribution in [0.2, 0.25) is 0 Å². The zero-order valence-corrected chi connectivity index (χ0v) is 13.2. The molecule has 0 aliphatic heterocycles. The smallest absolute Gasteiger partial charge is 0.104 e. The molecule has 2 aliphatic rings. The van der Waals surface area contributed by atoms with Crippen molar-refractivity contribution in [3.8, 4) is 6.07 Å². The predicted molar refractivity (Wildman–Crippen MR) is 81.4 cm³/mol. The molecule has 2 fully saturated rings. The van der Waals surface area contributed by atoms with Crippen LogP contribution in [-0.2, 0) is 4.74 Å². The first-order chi connectivity index (χ1) is 9.61. The topological polar surface area (TPSA) is 45.0 Å². The highest BCUT2D eigenvalue weighted by Gasteiger charge is 2.31. The first kappa shape index (κ1) is 15.8. The first-order valence-electron chi connectivity index (χ1n) is 8.42. The third-order valence-electron chi connectivity index (χ3n) is 4.66. The predicted octanol–water partition coefficient (Wildman–Crippen LogP) is 3.79. The second-order valence-corrected chi connectivity index (χ2v) is 7.08. The van der Waals surface area contributed by atoms with Crippen molar-refractivity contribution < 1.29 is 4.74 Å². The van der Waals surface area contributed by atoms with Gasteiger partial charge in [0.15, 0.2) is 0 Å². The van der Waals surface area contributed by atoms with Gasteiger partial charge in [-0.3, -0.25) is 5.32 Å². The number of unbranched alkanes of at least 4 members (excludes halogenated alkanes) is 1. The maximum Gasteiger partial charge on any atom is 0.104 e. The number of nitriles is 1. The molecule has 0 heterocycles. The molecule has 2 saturated carbocycles. The van der Waals surface area contributed by atoms with Crippen molar-refractivity contribution in [2.75, 3.05) is 6.61 Å². The van der Waals surface area contributed by atoms with E-state index in [9.17, 15) is 5.26 Å². The van der Waals surface area contributed by atoms with Gasteiger partial charge in [0.1, 0.15) is 5.54 Å².